The molecule has 0 saturated carbocycles. The molecule has 2 aliphatic rings. The zero-order valence-corrected chi connectivity index (χ0v) is 21.4. The van der Waals surface area contributed by atoms with E-state index in [0.29, 0.717) is 36.1 Å². The van der Waals surface area contributed by atoms with Crippen molar-refractivity contribution in [3.05, 3.63) is 69.2 Å². The van der Waals surface area contributed by atoms with Crippen LogP contribution in [0.15, 0.2) is 47.5 Å². The Bertz CT molecular complexity index is 1470. The van der Waals surface area contributed by atoms with Gasteiger partial charge in [0, 0.05) is 36.6 Å². The normalized spacial score (nSPS) is 18.2. The van der Waals surface area contributed by atoms with E-state index in [2.05, 4.69) is 10.4 Å². The van der Waals surface area contributed by atoms with Gasteiger partial charge in [0.05, 0.1) is 35.3 Å². The number of carbonyl (C=O) groups is 3. The summed E-state index contributed by atoms with van der Waals surface area (Å²) in [6, 6.07) is 8.83. The van der Waals surface area contributed by atoms with E-state index in [-0.39, 0.29) is 46.3 Å². The fourth-order valence-corrected chi connectivity index (χ4v) is 5.44. The van der Waals surface area contributed by atoms with Crippen molar-refractivity contribution in [2.75, 3.05) is 32.7 Å². The third-order valence-corrected chi connectivity index (χ3v) is 7.43. The molecule has 0 spiro atoms. The number of fused-ring (bicyclic) bond motifs is 1. The summed E-state index contributed by atoms with van der Waals surface area (Å²) in [5.74, 6) is -0.488. The molecule has 3 heterocycles. The number of halogens is 4. The van der Waals surface area contributed by atoms with Crippen molar-refractivity contribution in [3.63, 3.8) is 0 Å². The van der Waals surface area contributed by atoms with Crippen molar-refractivity contribution < 1.29 is 27.6 Å². The number of alkyl halides is 3. The number of carbonyl (C=O) groups excluding carboxylic acids is 3. The molecule has 5 rings (SSSR count). The highest BCUT2D eigenvalue weighted by atomic mass is 35.5. The lowest BCUT2D eigenvalue weighted by Gasteiger charge is -2.27. The van der Waals surface area contributed by atoms with E-state index in [0.717, 1.165) is 17.8 Å². The van der Waals surface area contributed by atoms with Crippen molar-refractivity contribution >= 4 is 57.4 Å². The molecular formula is C25H21ClF3N5O3S. The number of nitrogens with one attached hydrogen (secondary N) is 1. The second-order valence-corrected chi connectivity index (χ2v) is 10.3. The van der Waals surface area contributed by atoms with Gasteiger partial charge < -0.3 is 5.32 Å². The fraction of sp³-hybridized carbons (Fsp3) is 0.280. The van der Waals surface area contributed by atoms with Gasteiger partial charge in [0.15, 0.2) is 0 Å². The van der Waals surface area contributed by atoms with Crippen LogP contribution >= 0.6 is 23.4 Å². The number of nitrogens with zero attached hydrogens (tertiary/aromatic N) is 4. The van der Waals surface area contributed by atoms with Gasteiger partial charge in [0.1, 0.15) is 0 Å². The molecule has 1 aromatic heterocycles. The maximum Gasteiger partial charge on any atom is 0.416 e. The highest BCUT2D eigenvalue weighted by molar-refractivity contribution is 8.18. The Hall–Kier alpha value is -3.35. The molecule has 198 valence electrons. The summed E-state index contributed by atoms with van der Waals surface area (Å²) >= 11 is 6.62. The average molecular weight is 564 g/mol. The summed E-state index contributed by atoms with van der Waals surface area (Å²) in [5, 5.41) is 7.28. The van der Waals surface area contributed by atoms with Crippen LogP contribution in [-0.2, 0) is 22.3 Å². The smallest absolute Gasteiger partial charge is 0.354 e. The first-order chi connectivity index (χ1) is 18.1. The number of aromatic nitrogens is 2. The Morgan fingerprint density at radius 1 is 1.11 bits per heavy atom. The van der Waals surface area contributed by atoms with E-state index in [1.807, 2.05) is 4.90 Å². The molecule has 0 radical (unpaired) electrons. The number of hydrogen-bond donors (Lipinski definition) is 1. The van der Waals surface area contributed by atoms with Crippen molar-refractivity contribution in [3.8, 4) is 0 Å². The zero-order valence-electron chi connectivity index (χ0n) is 19.8. The Labute approximate surface area is 224 Å². The third kappa shape index (κ3) is 5.57. The van der Waals surface area contributed by atoms with E-state index in [9.17, 15) is 27.6 Å². The summed E-state index contributed by atoms with van der Waals surface area (Å²) in [4.78, 5) is 40.2. The number of amides is 3. The van der Waals surface area contributed by atoms with Gasteiger partial charge in [-0.1, -0.05) is 23.7 Å². The summed E-state index contributed by atoms with van der Waals surface area (Å²) in [6.07, 6.45) is -1.41. The molecule has 3 aromatic rings. The molecule has 2 aromatic carbocycles. The first-order valence-corrected chi connectivity index (χ1v) is 12.8. The highest BCUT2D eigenvalue weighted by Crippen LogP contribution is 2.35. The summed E-state index contributed by atoms with van der Waals surface area (Å²) in [5.41, 5.74) is 0.487. The van der Waals surface area contributed by atoms with Crippen LogP contribution in [0.3, 0.4) is 0 Å². The van der Waals surface area contributed by atoms with Crippen molar-refractivity contribution in [2.45, 2.75) is 12.7 Å². The van der Waals surface area contributed by atoms with Crippen LogP contribution in [0.4, 0.5) is 18.0 Å². The van der Waals surface area contributed by atoms with Crippen LogP contribution < -0.4 is 5.32 Å². The predicted octanol–water partition coefficient (Wildman–Crippen LogP) is 4.22. The van der Waals surface area contributed by atoms with Gasteiger partial charge in [-0.25, -0.2) is 0 Å². The van der Waals surface area contributed by atoms with Gasteiger partial charge in [-0.15, -0.1) is 0 Å². The molecule has 13 heteroatoms. The lowest BCUT2D eigenvalue weighted by atomic mass is 10.1. The Morgan fingerprint density at radius 2 is 1.92 bits per heavy atom. The van der Waals surface area contributed by atoms with Gasteiger partial charge >= 0.3 is 6.18 Å². The molecule has 0 atom stereocenters. The Balaban J connectivity index is 1.31. The summed E-state index contributed by atoms with van der Waals surface area (Å²) in [6.45, 7) is 1.91. The molecule has 0 aliphatic carbocycles. The first-order valence-electron chi connectivity index (χ1n) is 11.6. The SMILES string of the molecule is O=C1CN(CCN2C(=O)S/C(=C\c3ccc4c(cnn4Cc4ccc(Cl)cc4C(F)(F)F)c3)C2=O)CCN1. The van der Waals surface area contributed by atoms with Gasteiger partial charge in [0.2, 0.25) is 5.91 Å². The molecule has 2 fully saturated rings. The number of thioether (sulfide) groups is 1. The van der Waals surface area contributed by atoms with Gasteiger partial charge in [0.25, 0.3) is 11.1 Å². The Kier molecular flexibility index (Phi) is 7.21. The standard InChI is InChI=1S/C25H21ClF3N5O3S/c26-18-3-2-16(19(11-18)25(27,28)29)13-34-20-4-1-15(9-17(20)12-31-34)10-21-23(36)33(24(37)38-21)8-7-32-6-5-30-22(35)14-32/h1-4,9-12H,5-8,13-14H2,(H,30,35)/b21-10-. The van der Waals surface area contributed by atoms with Gasteiger partial charge in [-0.05, 0) is 53.2 Å². The zero-order chi connectivity index (χ0) is 27.0. The monoisotopic (exact) mass is 563 g/mol. The van der Waals surface area contributed by atoms with Crippen molar-refractivity contribution in [1.82, 2.24) is 24.9 Å². The van der Waals surface area contributed by atoms with Crippen LogP contribution in [0.1, 0.15) is 16.7 Å². The molecule has 8 nitrogen and oxygen atoms in total. The molecule has 0 bridgehead atoms. The number of hydrogen-bond acceptors (Lipinski definition) is 6. The van der Waals surface area contributed by atoms with Crippen molar-refractivity contribution in [2.24, 2.45) is 0 Å². The maximum atomic E-state index is 13.5. The van der Waals surface area contributed by atoms with Crippen LogP contribution in [0, 0.1) is 0 Å². The quantitative estimate of drug-likeness (QED) is 0.452. The molecule has 0 unspecified atom stereocenters. The minimum atomic E-state index is -4.55. The number of benzene rings is 2. The largest absolute Gasteiger partial charge is 0.416 e. The lowest BCUT2D eigenvalue weighted by molar-refractivity contribution is -0.138. The molecule has 1 N–H and O–H groups in total. The average Bonchev–Trinajstić information content (AvgIpc) is 3.37. The number of imide groups is 1. The van der Waals surface area contributed by atoms with E-state index < -0.39 is 17.6 Å². The molecule has 2 aliphatic heterocycles. The Morgan fingerprint density at radius 3 is 2.68 bits per heavy atom. The van der Waals surface area contributed by atoms with Crippen LogP contribution in [0.2, 0.25) is 5.02 Å². The highest BCUT2D eigenvalue weighted by Gasteiger charge is 2.35. The second kappa shape index (κ2) is 10.4. The summed E-state index contributed by atoms with van der Waals surface area (Å²) in [7, 11) is 0. The van der Waals surface area contributed by atoms with Crippen molar-refractivity contribution in [1.29, 1.82) is 0 Å². The van der Waals surface area contributed by atoms with E-state index >= 15 is 0 Å². The topological polar surface area (TPSA) is 87.5 Å². The van der Waals surface area contributed by atoms with Crippen LogP contribution in [-0.4, -0.2) is 69.4 Å². The minimum absolute atomic E-state index is 0.000601. The fourth-order valence-electron chi connectivity index (χ4n) is 4.40. The van der Waals surface area contributed by atoms with Crippen LogP contribution in [0.5, 0.6) is 0 Å². The third-order valence-electron chi connectivity index (χ3n) is 6.29. The maximum absolute atomic E-state index is 13.5. The first kappa shape index (κ1) is 26.3. The minimum Gasteiger partial charge on any atom is -0.354 e. The summed E-state index contributed by atoms with van der Waals surface area (Å²) < 4.78 is 41.9. The number of rotatable bonds is 6. The number of piperazine rings is 1. The van der Waals surface area contributed by atoms with E-state index in [1.54, 1.807) is 24.3 Å². The molecule has 3 amide bonds. The van der Waals surface area contributed by atoms with Gasteiger partial charge in [-0.3, -0.25) is 28.9 Å². The van der Waals surface area contributed by atoms with E-state index in [4.69, 9.17) is 11.6 Å². The van der Waals surface area contributed by atoms with Crippen LogP contribution in [0.25, 0.3) is 17.0 Å². The molecular weight excluding hydrogens is 543 g/mol. The molecule has 2 saturated heterocycles. The van der Waals surface area contributed by atoms with Gasteiger partial charge in [-0.2, -0.15) is 18.3 Å². The molecule has 38 heavy (non-hydrogen) atoms. The second-order valence-electron chi connectivity index (χ2n) is 8.88. The van der Waals surface area contributed by atoms with E-state index in [1.165, 1.54) is 27.9 Å². The predicted molar refractivity (Wildman–Crippen MR) is 137 cm³/mol. The lowest BCUT2D eigenvalue weighted by Crippen LogP contribution is -2.49.